The van der Waals surface area contributed by atoms with Crippen molar-refractivity contribution in [2.45, 2.75) is 123 Å². The number of likely N-dealkylation sites (tertiary alicyclic amines) is 1. The second kappa shape index (κ2) is 13.3. The molecule has 2 aliphatic heterocycles. The summed E-state index contributed by atoms with van der Waals surface area (Å²) in [5.74, 6) is -2.54. The van der Waals surface area contributed by atoms with E-state index in [4.69, 9.17) is 4.98 Å². The number of amides is 2. The lowest BCUT2D eigenvalue weighted by Gasteiger charge is -2.48. The number of alkyl halides is 2. The topological polar surface area (TPSA) is 108 Å². The Morgan fingerprint density at radius 2 is 1.80 bits per heavy atom. The van der Waals surface area contributed by atoms with E-state index in [0.29, 0.717) is 45.8 Å². The van der Waals surface area contributed by atoms with Crippen molar-refractivity contribution in [3.8, 4) is 0 Å². The summed E-state index contributed by atoms with van der Waals surface area (Å²) in [5, 5.41) is 5.27. The zero-order valence-corrected chi connectivity index (χ0v) is 32.1. The number of aliphatic imine (C=N–C) groups is 1. The Morgan fingerprint density at radius 3 is 2.40 bits per heavy atom. The molecule has 3 aliphatic carbocycles. The van der Waals surface area contributed by atoms with Crippen molar-refractivity contribution in [2.24, 2.45) is 16.3 Å². The summed E-state index contributed by atoms with van der Waals surface area (Å²) in [6.45, 7) is 15.7. The fourth-order valence-electron chi connectivity index (χ4n) is 9.19. The first-order valence-corrected chi connectivity index (χ1v) is 19.3. The number of fused-ring (bicyclic) bond motifs is 3. The predicted molar refractivity (Wildman–Crippen MR) is 203 cm³/mol. The van der Waals surface area contributed by atoms with Gasteiger partial charge in [0.05, 0.1) is 40.0 Å². The van der Waals surface area contributed by atoms with Crippen molar-refractivity contribution < 1.29 is 27.2 Å². The fourth-order valence-corrected chi connectivity index (χ4v) is 9.19. The third kappa shape index (κ3) is 6.06. The molecule has 2 amide bonds. The minimum absolute atomic E-state index is 0.0184. The van der Waals surface area contributed by atoms with Crippen molar-refractivity contribution in [3.63, 3.8) is 0 Å². The van der Waals surface area contributed by atoms with Crippen LogP contribution in [0.15, 0.2) is 40.9 Å². The molecule has 0 radical (unpaired) electrons. The molecule has 8 rings (SSSR count). The summed E-state index contributed by atoms with van der Waals surface area (Å²) in [4.78, 5) is 45.7. The quantitative estimate of drug-likeness (QED) is 0.151. The zero-order chi connectivity index (χ0) is 39.3. The number of halogens is 4. The van der Waals surface area contributed by atoms with Gasteiger partial charge in [-0.05, 0) is 123 Å². The van der Waals surface area contributed by atoms with Crippen molar-refractivity contribution in [1.29, 1.82) is 0 Å². The van der Waals surface area contributed by atoms with Crippen molar-refractivity contribution >= 4 is 46.6 Å². The van der Waals surface area contributed by atoms with Gasteiger partial charge in [-0.15, -0.1) is 0 Å². The van der Waals surface area contributed by atoms with Gasteiger partial charge in [0.2, 0.25) is 5.91 Å². The summed E-state index contributed by atoms with van der Waals surface area (Å²) in [6, 6.07) is 3.96. The number of imidazole rings is 1. The number of anilines is 2. The molecule has 14 heteroatoms. The summed E-state index contributed by atoms with van der Waals surface area (Å²) >= 11 is 0. The predicted octanol–water partition coefficient (Wildman–Crippen LogP) is 8.07. The fraction of sp³-hybridized carbons (Fsp3) is 0.537. The first kappa shape index (κ1) is 37.3. The number of allylic oxidation sites excluding steroid dienone is 2. The smallest absolute Gasteiger partial charge is 0.261 e. The van der Waals surface area contributed by atoms with Gasteiger partial charge in [0, 0.05) is 41.8 Å². The molecular weight excluding hydrogens is 712 g/mol. The Morgan fingerprint density at radius 1 is 1.07 bits per heavy atom. The van der Waals surface area contributed by atoms with Crippen molar-refractivity contribution in [3.05, 3.63) is 64.4 Å². The number of aromatic nitrogens is 3. The van der Waals surface area contributed by atoms with Crippen LogP contribution in [0.1, 0.15) is 107 Å². The second-order valence-electron chi connectivity index (χ2n) is 17.1. The Balaban J connectivity index is 1.15. The number of benzene rings is 1. The number of nitrogens with one attached hydrogen (secondary N) is 2. The molecule has 2 bridgehead atoms. The van der Waals surface area contributed by atoms with Gasteiger partial charge in [-0.3, -0.25) is 19.5 Å². The number of nitrogens with zero attached hydrogens (tertiary/aromatic N) is 6. The number of piperidine rings is 1. The van der Waals surface area contributed by atoms with Crippen LogP contribution in [-0.2, 0) is 4.79 Å². The molecule has 2 N–H and O–H groups in total. The molecular formula is C41H48F4N8O2. The van der Waals surface area contributed by atoms with E-state index in [9.17, 15) is 18.4 Å². The third-order valence-corrected chi connectivity index (χ3v) is 12.8. The van der Waals surface area contributed by atoms with Crippen LogP contribution in [0.5, 0.6) is 0 Å². The standard InChI is InChI=1S/C41H48F4N8O2/c1-20(2)52-19-47-30-17-28(48-36(34(30)52)49-29-16-27(22(4)32(42)33(29)43)37(54)50-41(10-11-41)38(44)45)21(3)12-31-35(46-7)40(5,6)39(55)53(31)26-14-25(15-26)51-18-23-8-9-24(51)13-23/h12,16-17,19-20,23-26,38H,7-11,13-15,18H2,1-6H3,(H,48,49)(H,50,54)/b21-12+/t23-,24+,25-,26+/m0/s1. The van der Waals surface area contributed by atoms with E-state index < -0.39 is 34.9 Å². The van der Waals surface area contributed by atoms with Gasteiger partial charge in [-0.25, -0.2) is 27.5 Å². The molecule has 2 aromatic heterocycles. The van der Waals surface area contributed by atoms with Crippen molar-refractivity contribution in [2.75, 3.05) is 11.9 Å². The summed E-state index contributed by atoms with van der Waals surface area (Å²) in [5.41, 5.74) is -0.128. The monoisotopic (exact) mass is 760 g/mol. The number of hydrogen-bond acceptors (Lipinski definition) is 7. The Kier molecular flexibility index (Phi) is 9.01. The molecule has 0 unspecified atom stereocenters. The van der Waals surface area contributed by atoms with Crippen LogP contribution in [0.2, 0.25) is 0 Å². The molecule has 292 valence electrons. The molecule has 1 saturated heterocycles. The highest BCUT2D eigenvalue weighted by Crippen LogP contribution is 2.49. The molecule has 10 nitrogen and oxygen atoms in total. The first-order valence-electron chi connectivity index (χ1n) is 19.3. The Labute approximate surface area is 318 Å². The first-order chi connectivity index (χ1) is 26.0. The maximum Gasteiger partial charge on any atom is 0.261 e. The molecule has 4 fully saturated rings. The van der Waals surface area contributed by atoms with Gasteiger partial charge in [-0.1, -0.05) is 0 Å². The van der Waals surface area contributed by atoms with Gasteiger partial charge in [-0.2, -0.15) is 0 Å². The largest absolute Gasteiger partial charge is 0.341 e. The third-order valence-electron chi connectivity index (χ3n) is 12.8. The van der Waals surface area contributed by atoms with E-state index in [-0.39, 0.29) is 53.5 Å². The van der Waals surface area contributed by atoms with E-state index in [0.717, 1.165) is 31.4 Å². The van der Waals surface area contributed by atoms with Gasteiger partial charge in [0.1, 0.15) is 11.1 Å². The number of pyridine rings is 1. The van der Waals surface area contributed by atoms with Crippen LogP contribution < -0.4 is 10.6 Å². The molecule has 3 aromatic rings. The van der Waals surface area contributed by atoms with E-state index in [1.807, 2.05) is 50.2 Å². The molecule has 3 saturated carbocycles. The van der Waals surface area contributed by atoms with Gasteiger partial charge < -0.3 is 20.1 Å². The highest BCUT2D eigenvalue weighted by atomic mass is 19.3. The SMILES string of the molecule is C=NC1=C(/C=C(\C)c2cc3ncn(C(C)C)c3c(Nc3cc(C(=O)NC4(C(F)F)CC4)c(C)c(F)c3F)n2)N([C@H]2C[C@@H](N3C[C@H]4CC[C@@H]3C4)C2)C(=O)C1(C)C. The minimum Gasteiger partial charge on any atom is -0.341 e. The van der Waals surface area contributed by atoms with Crippen LogP contribution in [0.3, 0.4) is 0 Å². The second-order valence-corrected chi connectivity index (χ2v) is 17.1. The van der Waals surface area contributed by atoms with Gasteiger partial charge in [0.25, 0.3) is 12.3 Å². The van der Waals surface area contributed by atoms with Crippen LogP contribution >= 0.6 is 0 Å². The lowest BCUT2D eigenvalue weighted by molar-refractivity contribution is -0.138. The van der Waals surface area contributed by atoms with E-state index in [2.05, 4.69) is 32.2 Å². The summed E-state index contributed by atoms with van der Waals surface area (Å²) in [7, 11) is 0. The molecule has 5 aliphatic rings. The molecule has 4 heterocycles. The lowest BCUT2D eigenvalue weighted by atomic mass is 9.82. The van der Waals surface area contributed by atoms with E-state index >= 15 is 8.78 Å². The Bertz CT molecular complexity index is 2180. The van der Waals surface area contributed by atoms with Crippen molar-refractivity contribution in [1.82, 2.24) is 29.7 Å². The molecule has 2 atom stereocenters. The van der Waals surface area contributed by atoms with Gasteiger partial charge in [0.15, 0.2) is 17.5 Å². The molecule has 55 heavy (non-hydrogen) atoms. The van der Waals surface area contributed by atoms with E-state index in [1.54, 1.807) is 12.4 Å². The summed E-state index contributed by atoms with van der Waals surface area (Å²) < 4.78 is 60.3. The normalized spacial score (nSPS) is 25.8. The van der Waals surface area contributed by atoms with Crippen LogP contribution in [0, 0.1) is 29.9 Å². The van der Waals surface area contributed by atoms with Crippen LogP contribution in [0.4, 0.5) is 29.1 Å². The average molecular weight is 761 g/mol. The lowest BCUT2D eigenvalue weighted by Crippen LogP contribution is -2.56. The molecule has 0 spiro atoms. The minimum atomic E-state index is -2.79. The molecule has 1 aromatic carbocycles. The maximum atomic E-state index is 15.7. The zero-order valence-electron chi connectivity index (χ0n) is 32.1. The average Bonchev–Trinajstić information content (AvgIpc) is 3.39. The van der Waals surface area contributed by atoms with Crippen LogP contribution in [0.25, 0.3) is 16.6 Å². The number of hydrogen-bond donors (Lipinski definition) is 2. The van der Waals surface area contributed by atoms with Crippen LogP contribution in [-0.4, -0.2) is 79.5 Å². The number of carbonyl (C=O) groups excluding carboxylic acids is 2. The number of rotatable bonds is 11. The Hall–Kier alpha value is -4.59. The van der Waals surface area contributed by atoms with Gasteiger partial charge >= 0.3 is 0 Å². The highest BCUT2D eigenvalue weighted by Gasteiger charge is 2.54. The maximum absolute atomic E-state index is 15.7. The van der Waals surface area contributed by atoms with E-state index in [1.165, 1.54) is 26.2 Å². The number of carbonyl (C=O) groups is 2. The summed E-state index contributed by atoms with van der Waals surface area (Å²) in [6.07, 6.45) is 6.55. The highest BCUT2D eigenvalue weighted by molar-refractivity contribution is 5.98.